The third-order valence-corrected chi connectivity index (χ3v) is 5.64. The summed E-state index contributed by atoms with van der Waals surface area (Å²) in [4.78, 5) is 12.1. The monoisotopic (exact) mass is 513 g/mol. The first kappa shape index (κ1) is 23.1. The number of carbonyl (C=O) groups excluding carboxylic acids is 1. The predicted molar refractivity (Wildman–Crippen MR) is 119 cm³/mol. The van der Waals surface area contributed by atoms with Gasteiger partial charge in [-0.1, -0.05) is 23.2 Å². The molecule has 1 amide bonds. The lowest BCUT2D eigenvalue weighted by Crippen LogP contribution is -2.30. The maximum atomic E-state index is 14.8. The number of sulfonamides is 1. The molecule has 6 nitrogen and oxygen atoms in total. The quantitative estimate of drug-likeness (QED) is 0.411. The van der Waals surface area contributed by atoms with Crippen LogP contribution in [0.5, 0.6) is 0 Å². The molecule has 0 unspecified atom stereocenters. The molecule has 0 aliphatic carbocycles. The zero-order valence-electron chi connectivity index (χ0n) is 16.5. The van der Waals surface area contributed by atoms with Crippen LogP contribution in [0.4, 0.5) is 13.2 Å². The Hall–Kier alpha value is -3.08. The number of nitrogens with zero attached hydrogens (tertiary/aromatic N) is 2. The number of benzene rings is 3. The Morgan fingerprint density at radius 2 is 1.73 bits per heavy atom. The van der Waals surface area contributed by atoms with Crippen molar-refractivity contribution in [2.45, 2.75) is 0 Å². The SMILES string of the molecule is CS(=O)(=O)NC(=O)c1cc(Cl)c(-n2nc(-c3cc(F)cc(Cl)c3)c3cc(F)ccc32)cc1F. The van der Waals surface area contributed by atoms with Gasteiger partial charge >= 0.3 is 0 Å². The van der Waals surface area contributed by atoms with Crippen LogP contribution in [0.3, 0.4) is 0 Å². The van der Waals surface area contributed by atoms with Crippen LogP contribution < -0.4 is 4.72 Å². The molecule has 12 heteroatoms. The van der Waals surface area contributed by atoms with Crippen LogP contribution in [0, 0.1) is 17.5 Å². The van der Waals surface area contributed by atoms with Gasteiger partial charge in [0, 0.05) is 22.0 Å². The van der Waals surface area contributed by atoms with Crippen molar-refractivity contribution in [3.8, 4) is 16.9 Å². The smallest absolute Gasteiger partial charge is 0.267 e. The lowest BCUT2D eigenvalue weighted by molar-refractivity contribution is 0.0978. The van der Waals surface area contributed by atoms with E-state index in [9.17, 15) is 26.4 Å². The normalized spacial score (nSPS) is 11.7. The molecular weight excluding hydrogens is 502 g/mol. The minimum atomic E-state index is -3.93. The molecule has 0 atom stereocenters. The third-order valence-electron chi connectivity index (χ3n) is 4.57. The van der Waals surface area contributed by atoms with E-state index in [2.05, 4.69) is 5.10 Å². The van der Waals surface area contributed by atoms with Crippen LogP contribution in [-0.4, -0.2) is 30.4 Å². The Morgan fingerprint density at radius 1 is 1.00 bits per heavy atom. The van der Waals surface area contributed by atoms with E-state index in [4.69, 9.17) is 23.2 Å². The number of fused-ring (bicyclic) bond motifs is 1. The number of amides is 1. The van der Waals surface area contributed by atoms with E-state index in [1.807, 2.05) is 0 Å². The van der Waals surface area contributed by atoms with Gasteiger partial charge in [0.1, 0.15) is 23.1 Å². The van der Waals surface area contributed by atoms with Gasteiger partial charge in [-0.25, -0.2) is 31.0 Å². The van der Waals surface area contributed by atoms with Crippen molar-refractivity contribution in [3.05, 3.63) is 81.6 Å². The van der Waals surface area contributed by atoms with Crippen molar-refractivity contribution in [1.82, 2.24) is 14.5 Å². The molecule has 3 aromatic carbocycles. The fraction of sp³-hybridized carbons (Fsp3) is 0.0476. The van der Waals surface area contributed by atoms with Gasteiger partial charge < -0.3 is 0 Å². The highest BCUT2D eigenvalue weighted by Crippen LogP contribution is 2.34. The van der Waals surface area contributed by atoms with Crippen LogP contribution in [0.2, 0.25) is 10.0 Å². The van der Waals surface area contributed by atoms with Crippen molar-refractivity contribution < 1.29 is 26.4 Å². The van der Waals surface area contributed by atoms with Crippen molar-refractivity contribution in [2.75, 3.05) is 6.26 Å². The van der Waals surface area contributed by atoms with Gasteiger partial charge in [0.25, 0.3) is 5.91 Å². The first-order chi connectivity index (χ1) is 15.4. The predicted octanol–water partition coefficient (Wildman–Crippen LogP) is 5.11. The Labute approximate surface area is 195 Å². The summed E-state index contributed by atoms with van der Waals surface area (Å²) in [6.45, 7) is 0. The molecule has 1 N–H and O–H groups in total. The molecule has 4 aromatic rings. The molecule has 0 spiro atoms. The summed E-state index contributed by atoms with van der Waals surface area (Å²) in [5.41, 5.74) is 0.0852. The highest BCUT2D eigenvalue weighted by molar-refractivity contribution is 7.89. The summed E-state index contributed by atoms with van der Waals surface area (Å²) < 4.78 is 68.1. The Kier molecular flexibility index (Phi) is 5.85. The zero-order valence-corrected chi connectivity index (χ0v) is 18.9. The average Bonchev–Trinajstić information content (AvgIpc) is 3.05. The second-order valence-electron chi connectivity index (χ2n) is 7.07. The van der Waals surface area contributed by atoms with Gasteiger partial charge in [0.15, 0.2) is 0 Å². The number of nitrogens with one attached hydrogen (secondary N) is 1. The third kappa shape index (κ3) is 4.68. The number of carbonyl (C=O) groups is 1. The van der Waals surface area contributed by atoms with Crippen LogP contribution in [0.25, 0.3) is 27.8 Å². The van der Waals surface area contributed by atoms with Crippen LogP contribution in [-0.2, 0) is 10.0 Å². The fourth-order valence-corrected chi connectivity index (χ4v) is 4.19. The van der Waals surface area contributed by atoms with Crippen molar-refractivity contribution in [2.24, 2.45) is 0 Å². The summed E-state index contributed by atoms with van der Waals surface area (Å²) in [6, 6.07) is 9.22. The summed E-state index contributed by atoms with van der Waals surface area (Å²) in [7, 11) is -3.93. The molecule has 33 heavy (non-hydrogen) atoms. The summed E-state index contributed by atoms with van der Waals surface area (Å²) in [5.74, 6) is -3.50. The lowest BCUT2D eigenvalue weighted by atomic mass is 10.1. The van der Waals surface area contributed by atoms with Crippen LogP contribution in [0.1, 0.15) is 10.4 Å². The minimum absolute atomic E-state index is 0.0181. The standard InChI is InChI=1S/C21H12Cl2F3N3O3S/c1-33(31,32)28-21(30)14-8-16(23)19(9-17(14)26)29-18-3-2-12(24)7-15(18)20(27-29)10-4-11(22)6-13(25)5-10/h2-9H,1H3,(H,28,30). The molecule has 0 bridgehead atoms. The van der Waals surface area contributed by atoms with E-state index in [1.54, 1.807) is 4.72 Å². The molecule has 1 heterocycles. The van der Waals surface area contributed by atoms with E-state index in [1.165, 1.54) is 22.9 Å². The van der Waals surface area contributed by atoms with Crippen molar-refractivity contribution in [3.63, 3.8) is 0 Å². The lowest BCUT2D eigenvalue weighted by Gasteiger charge is -2.10. The van der Waals surface area contributed by atoms with Crippen LogP contribution in [0.15, 0.2) is 48.5 Å². The topological polar surface area (TPSA) is 81.1 Å². The Balaban J connectivity index is 1.92. The van der Waals surface area contributed by atoms with E-state index in [-0.39, 0.29) is 32.4 Å². The maximum absolute atomic E-state index is 14.8. The van der Waals surface area contributed by atoms with E-state index in [0.29, 0.717) is 5.52 Å². The molecule has 170 valence electrons. The first-order valence-corrected chi connectivity index (χ1v) is 11.7. The number of hydrogen-bond donors (Lipinski definition) is 1. The summed E-state index contributed by atoms with van der Waals surface area (Å²) in [6.07, 6.45) is 0.744. The number of hydrogen-bond acceptors (Lipinski definition) is 4. The molecule has 0 radical (unpaired) electrons. The van der Waals surface area contributed by atoms with Gasteiger partial charge in [0.05, 0.1) is 28.0 Å². The van der Waals surface area contributed by atoms with Crippen molar-refractivity contribution in [1.29, 1.82) is 0 Å². The Bertz CT molecular complexity index is 1540. The highest BCUT2D eigenvalue weighted by atomic mass is 35.5. The highest BCUT2D eigenvalue weighted by Gasteiger charge is 2.22. The van der Waals surface area contributed by atoms with Gasteiger partial charge in [-0.15, -0.1) is 0 Å². The van der Waals surface area contributed by atoms with Gasteiger partial charge in [0.2, 0.25) is 10.0 Å². The largest absolute Gasteiger partial charge is 0.268 e. The summed E-state index contributed by atoms with van der Waals surface area (Å²) in [5, 5.41) is 4.58. The number of rotatable bonds is 4. The van der Waals surface area contributed by atoms with E-state index in [0.717, 1.165) is 36.6 Å². The van der Waals surface area contributed by atoms with E-state index < -0.39 is 38.9 Å². The average molecular weight is 514 g/mol. The molecule has 0 fully saturated rings. The number of aromatic nitrogens is 2. The molecule has 0 saturated carbocycles. The fourth-order valence-electron chi connectivity index (χ4n) is 3.27. The zero-order chi connectivity index (χ0) is 24.1. The maximum Gasteiger partial charge on any atom is 0.267 e. The summed E-state index contributed by atoms with van der Waals surface area (Å²) >= 11 is 12.2. The molecule has 0 aliphatic heterocycles. The van der Waals surface area contributed by atoms with Gasteiger partial charge in [-0.05, 0) is 42.5 Å². The Morgan fingerprint density at radius 3 is 2.39 bits per heavy atom. The van der Waals surface area contributed by atoms with E-state index >= 15 is 0 Å². The molecule has 4 rings (SSSR count). The second kappa shape index (κ2) is 8.36. The minimum Gasteiger partial charge on any atom is -0.268 e. The number of halogens is 5. The molecular formula is C21H12Cl2F3N3O3S. The van der Waals surface area contributed by atoms with Gasteiger partial charge in [-0.2, -0.15) is 5.10 Å². The molecule has 0 saturated heterocycles. The second-order valence-corrected chi connectivity index (χ2v) is 9.66. The first-order valence-electron chi connectivity index (χ1n) is 9.09. The van der Waals surface area contributed by atoms with Gasteiger partial charge in [-0.3, -0.25) is 4.79 Å². The molecule has 0 aliphatic rings. The van der Waals surface area contributed by atoms with Crippen molar-refractivity contribution >= 4 is 50.0 Å². The molecule has 1 aromatic heterocycles. The van der Waals surface area contributed by atoms with Crippen LogP contribution >= 0.6 is 23.2 Å².